The molecule has 3 rings (SSSR count). The Morgan fingerprint density at radius 2 is 1.97 bits per heavy atom. The van der Waals surface area contributed by atoms with Crippen LogP contribution in [0.1, 0.15) is 51.3 Å². The van der Waals surface area contributed by atoms with Crippen molar-refractivity contribution in [3.8, 4) is 0 Å². The molecule has 0 spiro atoms. The van der Waals surface area contributed by atoms with Crippen molar-refractivity contribution < 1.29 is 14.6 Å². The van der Waals surface area contributed by atoms with E-state index in [2.05, 4.69) is 35.5 Å². The average molecular weight is 437 g/mol. The Kier molecular flexibility index (Phi) is 7.55. The molecule has 1 fully saturated rings. The number of rotatable bonds is 8. The van der Waals surface area contributed by atoms with Gasteiger partial charge in [-0.2, -0.15) is 0 Å². The molecule has 1 unspecified atom stereocenters. The molecule has 0 radical (unpaired) electrons. The molecule has 2 N–H and O–H groups in total. The third-order valence-corrected chi connectivity index (χ3v) is 7.55. The lowest BCUT2D eigenvalue weighted by atomic mass is 10.0. The van der Waals surface area contributed by atoms with Crippen LogP contribution in [-0.2, 0) is 10.0 Å². The summed E-state index contributed by atoms with van der Waals surface area (Å²) < 4.78 is 28.2. The second-order valence-corrected chi connectivity index (χ2v) is 10.2. The lowest BCUT2D eigenvalue weighted by molar-refractivity contribution is 0.0663. The van der Waals surface area contributed by atoms with E-state index >= 15 is 0 Å². The van der Waals surface area contributed by atoms with Crippen LogP contribution in [0.15, 0.2) is 17.2 Å². The van der Waals surface area contributed by atoms with E-state index in [1.165, 1.54) is 0 Å². The molecule has 2 aliphatic rings. The van der Waals surface area contributed by atoms with Gasteiger partial charge in [0.15, 0.2) is 0 Å². The Morgan fingerprint density at radius 3 is 2.67 bits per heavy atom. The number of aromatic amines is 1. The minimum absolute atomic E-state index is 0. The summed E-state index contributed by atoms with van der Waals surface area (Å²) in [6.45, 7) is 7.87. The quantitative estimate of drug-likeness (QED) is 0.642. The molecule has 1 saturated heterocycles. The van der Waals surface area contributed by atoms with Gasteiger partial charge in [-0.05, 0) is 31.5 Å². The maximum Gasteiger partial charge on any atom is 0.256 e. The van der Waals surface area contributed by atoms with Crippen LogP contribution in [0, 0.1) is 5.92 Å². The zero-order valence-corrected chi connectivity index (χ0v) is 19.1. The van der Waals surface area contributed by atoms with E-state index < -0.39 is 10.0 Å². The molecule has 168 valence electrons. The summed E-state index contributed by atoms with van der Waals surface area (Å²) in [5, 5.41) is 1.56. The second-order valence-electron chi connectivity index (χ2n) is 8.41. The third kappa shape index (κ3) is 5.42. The van der Waals surface area contributed by atoms with Gasteiger partial charge < -0.3 is 14.8 Å². The molecule has 1 atom stereocenters. The van der Waals surface area contributed by atoms with Crippen molar-refractivity contribution in [2.45, 2.75) is 39.5 Å². The summed E-state index contributed by atoms with van der Waals surface area (Å²) >= 11 is 0. The third-order valence-electron chi connectivity index (χ3n) is 5.97. The smallest absolute Gasteiger partial charge is 0.256 e. The number of carbonyl (C=O) groups excluding carboxylic acids is 1. The molecule has 1 aromatic heterocycles. The Labute approximate surface area is 181 Å². The van der Waals surface area contributed by atoms with E-state index in [9.17, 15) is 13.2 Å². The lowest BCUT2D eigenvalue weighted by Crippen LogP contribution is -2.48. The average Bonchev–Trinajstić information content (AvgIpc) is 2.98. The molecular weight excluding hydrogens is 400 g/mol. The highest BCUT2D eigenvalue weighted by atomic mass is 32.2. The fourth-order valence-corrected chi connectivity index (χ4v) is 5.10. The monoisotopic (exact) mass is 436 g/mol. The van der Waals surface area contributed by atoms with Crippen molar-refractivity contribution in [1.29, 1.82) is 0 Å². The minimum atomic E-state index is -3.54. The second kappa shape index (κ2) is 9.94. The molecule has 8 heteroatoms. The van der Waals surface area contributed by atoms with Gasteiger partial charge in [0.1, 0.15) is 0 Å². The Hall–Kier alpha value is -1.90. The topological polar surface area (TPSA) is 85.5 Å². The highest BCUT2D eigenvalue weighted by Gasteiger charge is 2.23. The summed E-state index contributed by atoms with van der Waals surface area (Å²) in [4.78, 5) is 20.5. The van der Waals surface area contributed by atoms with Gasteiger partial charge in [0.25, 0.3) is 5.91 Å². The van der Waals surface area contributed by atoms with Crippen LogP contribution >= 0.6 is 0 Å². The number of fused-ring (bicyclic) bond motifs is 1. The van der Waals surface area contributed by atoms with E-state index in [0.717, 1.165) is 42.9 Å². The summed E-state index contributed by atoms with van der Waals surface area (Å²) in [6.07, 6.45) is 10.3. The van der Waals surface area contributed by atoms with Crippen molar-refractivity contribution in [2.24, 2.45) is 5.92 Å². The number of aromatic nitrogens is 1. The van der Waals surface area contributed by atoms with E-state index in [-0.39, 0.29) is 13.8 Å². The van der Waals surface area contributed by atoms with E-state index in [1.54, 1.807) is 18.3 Å². The largest absolute Gasteiger partial charge is 0.360 e. The first-order chi connectivity index (χ1) is 14.3. The summed E-state index contributed by atoms with van der Waals surface area (Å²) in [6, 6.07) is 0. The predicted octanol–water partition coefficient (Wildman–Crippen LogP) is 1.24. The molecule has 2 heterocycles. The van der Waals surface area contributed by atoms with Crippen molar-refractivity contribution in [1.82, 2.24) is 19.5 Å². The molecule has 1 amide bonds. The van der Waals surface area contributed by atoms with Crippen LogP contribution < -0.4 is 15.3 Å². The molecule has 7 nitrogen and oxygen atoms in total. The van der Waals surface area contributed by atoms with Crippen molar-refractivity contribution in [2.75, 3.05) is 39.8 Å². The van der Waals surface area contributed by atoms with Crippen LogP contribution in [0.2, 0.25) is 0 Å². The molecule has 30 heavy (non-hydrogen) atoms. The molecule has 1 aliphatic carbocycles. The van der Waals surface area contributed by atoms with Crippen LogP contribution in [0.4, 0.5) is 0 Å². The number of nitrogens with zero attached hydrogens (tertiary/aromatic N) is 2. The molecule has 1 aromatic rings. The Bertz CT molecular complexity index is 1010. The minimum Gasteiger partial charge on any atom is -0.360 e. The maximum atomic E-state index is 13.0. The molecule has 0 saturated carbocycles. The number of hydrogen-bond acceptors (Lipinski definition) is 4. The highest BCUT2D eigenvalue weighted by Crippen LogP contribution is 2.14. The van der Waals surface area contributed by atoms with E-state index in [0.29, 0.717) is 36.0 Å². The zero-order chi connectivity index (χ0) is 21.7. The number of nitrogens with one attached hydrogen (secondary N) is 2. The first-order valence-corrected chi connectivity index (χ1v) is 12.4. The van der Waals surface area contributed by atoms with Crippen molar-refractivity contribution in [3.63, 3.8) is 0 Å². The van der Waals surface area contributed by atoms with Gasteiger partial charge >= 0.3 is 0 Å². The number of H-pyrrole nitrogens is 1. The predicted molar refractivity (Wildman–Crippen MR) is 123 cm³/mol. The summed E-state index contributed by atoms with van der Waals surface area (Å²) in [7, 11) is -1.48. The van der Waals surface area contributed by atoms with Crippen LogP contribution in [0.3, 0.4) is 0 Å². The molecule has 0 bridgehead atoms. The van der Waals surface area contributed by atoms with Gasteiger partial charge in [-0.15, -0.1) is 0 Å². The van der Waals surface area contributed by atoms with E-state index in [4.69, 9.17) is 0 Å². The van der Waals surface area contributed by atoms with Crippen molar-refractivity contribution >= 4 is 28.1 Å². The standard InChI is InChI=1S/C22H34N4O3S.H2/c1-4-5-17(2)10-11-24-30(28,29)18-6-8-19-20(16-23-21(19)9-7-18)22(27)26-14-12-25(3)13-15-26;/h7-9,16-17,23-24H,4-6,10-15H2,1-3H3;1H. The number of hydrogen-bond donors (Lipinski definition) is 2. The highest BCUT2D eigenvalue weighted by molar-refractivity contribution is 7.93. The van der Waals surface area contributed by atoms with Crippen LogP contribution in [0.5, 0.6) is 0 Å². The number of sulfonamides is 1. The summed E-state index contributed by atoms with van der Waals surface area (Å²) in [5.41, 5.74) is 0.610. The maximum absolute atomic E-state index is 13.0. The zero-order valence-electron chi connectivity index (χ0n) is 18.3. The lowest BCUT2D eigenvalue weighted by Gasteiger charge is -2.32. The van der Waals surface area contributed by atoms with Gasteiger partial charge in [-0.25, -0.2) is 13.1 Å². The molecule has 1 aliphatic heterocycles. The normalized spacial score (nSPS) is 18.6. The number of likely N-dealkylation sites (N-methyl/N-ethyl adjacent to an activating group) is 1. The van der Waals surface area contributed by atoms with Crippen LogP contribution in [-0.4, -0.2) is 68.9 Å². The molecule has 0 aromatic carbocycles. The fraction of sp³-hybridized carbons (Fsp3) is 0.591. The Balaban J connectivity index is 0.00000341. The number of amides is 1. The number of allylic oxidation sites excluding steroid dienone is 2. The Morgan fingerprint density at radius 1 is 1.23 bits per heavy atom. The van der Waals surface area contributed by atoms with Gasteiger partial charge in [-0.3, -0.25) is 4.79 Å². The van der Waals surface area contributed by atoms with Gasteiger partial charge in [0, 0.05) is 57.3 Å². The van der Waals surface area contributed by atoms with Gasteiger partial charge in [0.05, 0.1) is 10.5 Å². The van der Waals surface area contributed by atoms with Gasteiger partial charge in [0.2, 0.25) is 10.0 Å². The number of carbonyl (C=O) groups is 1. The summed E-state index contributed by atoms with van der Waals surface area (Å²) in [5.74, 6) is 0.501. The fourth-order valence-electron chi connectivity index (χ4n) is 3.98. The SMILES string of the molecule is CCCC(C)CCNS(=O)(=O)C1=CC=c2[nH]cc(C(=O)N3CCN(C)CC3)c2=CC1.[HH]. The van der Waals surface area contributed by atoms with Crippen molar-refractivity contribution in [3.05, 3.63) is 33.3 Å². The first-order valence-electron chi connectivity index (χ1n) is 10.9. The number of piperazine rings is 1. The van der Waals surface area contributed by atoms with Gasteiger partial charge in [-0.1, -0.05) is 32.8 Å². The van der Waals surface area contributed by atoms with Crippen LogP contribution in [0.25, 0.3) is 12.2 Å². The molecular formula is C22H36N4O3S. The van der Waals surface area contributed by atoms with E-state index in [1.807, 2.05) is 11.0 Å². The first kappa shape index (κ1) is 22.8.